The molecule has 1 aromatic rings. The predicted octanol–water partition coefficient (Wildman–Crippen LogP) is 3.29. The Morgan fingerprint density at radius 3 is 2.88 bits per heavy atom. The molecule has 16 heavy (non-hydrogen) atoms. The minimum atomic E-state index is 0.607. The maximum atomic E-state index is 8.74. The molecule has 1 atom stereocenters. The van der Waals surface area contributed by atoms with Gasteiger partial charge in [-0.1, -0.05) is 12.8 Å². The lowest BCUT2D eigenvalue weighted by molar-refractivity contribution is 0.381. The molecule has 1 saturated carbocycles. The van der Waals surface area contributed by atoms with E-state index in [2.05, 4.69) is 24.4 Å². The first-order valence-corrected chi connectivity index (χ1v) is 6.83. The van der Waals surface area contributed by atoms with Crippen LogP contribution in [-0.4, -0.2) is 6.04 Å². The molecule has 1 fully saturated rings. The lowest BCUT2D eigenvalue weighted by atomic mass is 10.00. The zero-order chi connectivity index (χ0) is 11.4. The van der Waals surface area contributed by atoms with Crippen molar-refractivity contribution in [3.8, 4) is 6.07 Å². The summed E-state index contributed by atoms with van der Waals surface area (Å²) in [4.78, 5) is 2.08. The molecule has 1 aliphatic carbocycles. The topological polar surface area (TPSA) is 35.8 Å². The quantitative estimate of drug-likeness (QED) is 0.867. The van der Waals surface area contributed by atoms with Crippen molar-refractivity contribution in [3.05, 3.63) is 21.9 Å². The summed E-state index contributed by atoms with van der Waals surface area (Å²) in [6, 6.07) is 6.75. The van der Waals surface area contributed by atoms with Gasteiger partial charge in [-0.3, -0.25) is 0 Å². The Morgan fingerprint density at radius 2 is 2.25 bits per heavy atom. The maximum absolute atomic E-state index is 8.74. The molecule has 0 aliphatic heterocycles. The Hall–Kier alpha value is -0.850. The summed E-state index contributed by atoms with van der Waals surface area (Å²) in [5.41, 5.74) is 0. The highest BCUT2D eigenvalue weighted by Crippen LogP contribution is 2.27. The van der Waals surface area contributed by atoms with Crippen molar-refractivity contribution >= 4 is 11.3 Å². The molecule has 0 amide bonds. The smallest absolute Gasteiger partial charge is 0.110 e. The number of rotatable bonds is 4. The van der Waals surface area contributed by atoms with Crippen molar-refractivity contribution < 1.29 is 0 Å². The highest BCUT2D eigenvalue weighted by Gasteiger charge is 2.20. The van der Waals surface area contributed by atoms with Crippen LogP contribution in [0.4, 0.5) is 0 Å². The van der Waals surface area contributed by atoms with Gasteiger partial charge in [0.05, 0.1) is 0 Å². The molecule has 2 nitrogen and oxygen atoms in total. The summed E-state index contributed by atoms with van der Waals surface area (Å²) < 4.78 is 0. The van der Waals surface area contributed by atoms with Crippen LogP contribution in [0.15, 0.2) is 12.1 Å². The minimum Gasteiger partial charge on any atom is -0.309 e. The summed E-state index contributed by atoms with van der Waals surface area (Å²) in [5.74, 6) is 0.857. The van der Waals surface area contributed by atoms with E-state index in [1.54, 1.807) is 11.3 Å². The molecule has 3 heteroatoms. The summed E-state index contributed by atoms with van der Waals surface area (Å²) in [6.45, 7) is 3.19. The van der Waals surface area contributed by atoms with Gasteiger partial charge in [0, 0.05) is 17.5 Å². The predicted molar refractivity (Wildman–Crippen MR) is 67.3 cm³/mol. The van der Waals surface area contributed by atoms with Crippen LogP contribution in [0.3, 0.4) is 0 Å². The number of nitrogens with zero attached hydrogens (tertiary/aromatic N) is 1. The van der Waals surface area contributed by atoms with Crippen LogP contribution in [-0.2, 0) is 6.54 Å². The molecule has 0 spiro atoms. The van der Waals surface area contributed by atoms with E-state index in [4.69, 9.17) is 5.26 Å². The highest BCUT2D eigenvalue weighted by atomic mass is 32.1. The Labute approximate surface area is 101 Å². The summed E-state index contributed by atoms with van der Waals surface area (Å²) >= 11 is 1.59. The molecule has 0 radical (unpaired) electrons. The second-order valence-corrected chi connectivity index (χ2v) is 5.76. The van der Waals surface area contributed by atoms with Crippen molar-refractivity contribution in [1.82, 2.24) is 5.32 Å². The maximum Gasteiger partial charge on any atom is 0.110 e. The van der Waals surface area contributed by atoms with Crippen LogP contribution in [0, 0.1) is 17.2 Å². The van der Waals surface area contributed by atoms with Gasteiger partial charge in [0.1, 0.15) is 10.9 Å². The third-order valence-corrected chi connectivity index (χ3v) is 4.47. The van der Waals surface area contributed by atoms with Crippen LogP contribution in [0.5, 0.6) is 0 Å². The fourth-order valence-electron chi connectivity index (χ4n) is 2.42. The van der Waals surface area contributed by atoms with Gasteiger partial charge in [0.2, 0.25) is 0 Å². The van der Waals surface area contributed by atoms with E-state index >= 15 is 0 Å². The number of nitrogens with one attached hydrogen (secondary N) is 1. The van der Waals surface area contributed by atoms with E-state index in [-0.39, 0.29) is 0 Å². The van der Waals surface area contributed by atoms with Crippen LogP contribution < -0.4 is 5.32 Å². The zero-order valence-corrected chi connectivity index (χ0v) is 10.5. The van der Waals surface area contributed by atoms with Gasteiger partial charge >= 0.3 is 0 Å². The molecule has 0 aromatic carbocycles. The van der Waals surface area contributed by atoms with Gasteiger partial charge in [-0.05, 0) is 37.8 Å². The molecule has 2 rings (SSSR count). The summed E-state index contributed by atoms with van der Waals surface area (Å²) in [5, 5.41) is 12.3. The first-order valence-electron chi connectivity index (χ1n) is 6.02. The molecular weight excluding hydrogens is 216 g/mol. The van der Waals surface area contributed by atoms with Crippen molar-refractivity contribution in [2.24, 2.45) is 5.92 Å². The first-order chi connectivity index (χ1) is 7.79. The van der Waals surface area contributed by atoms with Gasteiger partial charge in [-0.2, -0.15) is 5.26 Å². The lowest BCUT2D eigenvalue weighted by Crippen LogP contribution is -2.31. The Balaban J connectivity index is 1.80. The van der Waals surface area contributed by atoms with E-state index in [0.717, 1.165) is 17.3 Å². The second kappa shape index (κ2) is 5.47. The van der Waals surface area contributed by atoms with E-state index < -0.39 is 0 Å². The average molecular weight is 234 g/mol. The zero-order valence-electron chi connectivity index (χ0n) is 9.70. The molecule has 0 saturated heterocycles. The number of thiophene rings is 1. The molecule has 1 N–H and O–H groups in total. The van der Waals surface area contributed by atoms with Crippen LogP contribution >= 0.6 is 11.3 Å². The number of nitriles is 1. The third-order valence-electron chi connectivity index (χ3n) is 3.48. The van der Waals surface area contributed by atoms with Gasteiger partial charge < -0.3 is 5.32 Å². The largest absolute Gasteiger partial charge is 0.309 e. The summed E-state index contributed by atoms with van der Waals surface area (Å²) in [7, 11) is 0. The average Bonchev–Trinajstić information content (AvgIpc) is 2.96. The van der Waals surface area contributed by atoms with Crippen molar-refractivity contribution in [2.45, 2.75) is 45.2 Å². The molecule has 86 valence electrons. The fraction of sp³-hybridized carbons (Fsp3) is 0.615. The monoisotopic (exact) mass is 234 g/mol. The van der Waals surface area contributed by atoms with Crippen LogP contribution in [0.25, 0.3) is 0 Å². The van der Waals surface area contributed by atoms with Crippen LogP contribution in [0.1, 0.15) is 42.4 Å². The molecule has 1 heterocycles. The van der Waals surface area contributed by atoms with Crippen molar-refractivity contribution in [2.75, 3.05) is 0 Å². The lowest BCUT2D eigenvalue weighted by Gasteiger charge is -2.19. The Kier molecular flexibility index (Phi) is 3.98. The van der Waals surface area contributed by atoms with Crippen LogP contribution in [0.2, 0.25) is 0 Å². The minimum absolute atomic E-state index is 0.607. The standard InChI is InChI=1S/C13H18N2S/c1-10(11-4-2-3-5-11)15-9-13-7-6-12(8-14)16-13/h6-7,10-11,15H,2-5,9H2,1H3. The number of hydrogen-bond donors (Lipinski definition) is 1. The van der Waals surface area contributed by atoms with Crippen molar-refractivity contribution in [3.63, 3.8) is 0 Å². The van der Waals surface area contributed by atoms with Gasteiger partial charge in [0.25, 0.3) is 0 Å². The molecule has 0 bridgehead atoms. The SMILES string of the molecule is CC(NCc1ccc(C#N)s1)C1CCCC1. The van der Waals surface area contributed by atoms with E-state index in [9.17, 15) is 0 Å². The fourth-order valence-corrected chi connectivity index (χ4v) is 3.17. The van der Waals surface area contributed by atoms with E-state index in [1.165, 1.54) is 30.6 Å². The molecular formula is C13H18N2S. The molecule has 1 unspecified atom stereocenters. The molecule has 1 aliphatic rings. The van der Waals surface area contributed by atoms with Gasteiger partial charge in [0.15, 0.2) is 0 Å². The van der Waals surface area contributed by atoms with Gasteiger partial charge in [-0.25, -0.2) is 0 Å². The van der Waals surface area contributed by atoms with E-state index in [0.29, 0.717) is 6.04 Å². The normalized spacial score (nSPS) is 18.5. The van der Waals surface area contributed by atoms with Gasteiger partial charge in [-0.15, -0.1) is 11.3 Å². The second-order valence-electron chi connectivity index (χ2n) is 4.59. The Morgan fingerprint density at radius 1 is 1.50 bits per heavy atom. The molecule has 1 aromatic heterocycles. The summed E-state index contributed by atoms with van der Waals surface area (Å²) in [6.07, 6.45) is 5.55. The van der Waals surface area contributed by atoms with E-state index in [1.807, 2.05) is 6.07 Å². The highest BCUT2D eigenvalue weighted by molar-refractivity contribution is 7.12. The number of hydrogen-bond acceptors (Lipinski definition) is 3. The Bertz CT molecular complexity index is 372. The first kappa shape index (κ1) is 11.6. The third kappa shape index (κ3) is 2.84. The van der Waals surface area contributed by atoms with Crippen molar-refractivity contribution in [1.29, 1.82) is 5.26 Å².